The van der Waals surface area contributed by atoms with E-state index >= 15 is 0 Å². The van der Waals surface area contributed by atoms with E-state index in [1.807, 2.05) is 25.1 Å². The predicted octanol–water partition coefficient (Wildman–Crippen LogP) is 2.83. The lowest BCUT2D eigenvalue weighted by atomic mass is 10.5. The van der Waals surface area contributed by atoms with Crippen molar-refractivity contribution in [2.45, 2.75) is 0 Å². The fourth-order valence-corrected chi connectivity index (χ4v) is 1.76. The SMILES string of the molecule is CN(C)/C=N/c1ncc(Br)cc1Br. The lowest BCUT2D eigenvalue weighted by Crippen LogP contribution is -2.07. The monoisotopic (exact) mass is 305 g/mol. The summed E-state index contributed by atoms with van der Waals surface area (Å²) in [6.45, 7) is 0. The molecule has 70 valence electrons. The van der Waals surface area contributed by atoms with Crippen molar-refractivity contribution in [3.05, 3.63) is 21.2 Å². The first-order valence-corrected chi connectivity index (χ1v) is 5.20. The van der Waals surface area contributed by atoms with E-state index < -0.39 is 0 Å². The molecule has 3 nitrogen and oxygen atoms in total. The van der Waals surface area contributed by atoms with Crippen molar-refractivity contribution in [1.29, 1.82) is 0 Å². The average Bonchev–Trinajstić information content (AvgIpc) is 2.02. The standard InChI is InChI=1S/C8H9Br2N3/c1-13(2)5-12-8-7(10)3-6(9)4-11-8/h3-5H,1-2H3/b12-5+. The molecule has 0 aliphatic heterocycles. The lowest BCUT2D eigenvalue weighted by Gasteiger charge is -2.02. The molecule has 0 fully saturated rings. The van der Waals surface area contributed by atoms with Crippen LogP contribution in [-0.2, 0) is 0 Å². The number of halogens is 2. The van der Waals surface area contributed by atoms with Gasteiger partial charge in [-0.25, -0.2) is 9.98 Å². The molecule has 0 saturated heterocycles. The third-order valence-electron chi connectivity index (χ3n) is 1.20. The molecule has 1 aromatic rings. The van der Waals surface area contributed by atoms with Gasteiger partial charge in [-0.2, -0.15) is 0 Å². The van der Waals surface area contributed by atoms with Crippen molar-refractivity contribution in [3.8, 4) is 0 Å². The first kappa shape index (κ1) is 10.7. The summed E-state index contributed by atoms with van der Waals surface area (Å²) in [7, 11) is 3.83. The molecule has 13 heavy (non-hydrogen) atoms. The van der Waals surface area contributed by atoms with Crippen LogP contribution in [-0.4, -0.2) is 30.3 Å². The van der Waals surface area contributed by atoms with Crippen LogP contribution in [0.15, 0.2) is 26.2 Å². The van der Waals surface area contributed by atoms with E-state index in [-0.39, 0.29) is 0 Å². The molecule has 0 bridgehead atoms. The van der Waals surface area contributed by atoms with Gasteiger partial charge in [-0.1, -0.05) is 0 Å². The molecular formula is C8H9Br2N3. The van der Waals surface area contributed by atoms with Crippen molar-refractivity contribution in [2.75, 3.05) is 14.1 Å². The zero-order chi connectivity index (χ0) is 9.84. The average molecular weight is 307 g/mol. The Kier molecular flexibility index (Phi) is 3.87. The molecule has 1 rings (SSSR count). The van der Waals surface area contributed by atoms with Crippen LogP contribution in [0.2, 0.25) is 0 Å². The minimum Gasteiger partial charge on any atom is -0.369 e. The largest absolute Gasteiger partial charge is 0.369 e. The molecule has 1 aromatic heterocycles. The highest BCUT2D eigenvalue weighted by Gasteiger charge is 1.98. The number of hydrogen-bond donors (Lipinski definition) is 0. The first-order chi connectivity index (χ1) is 6.09. The van der Waals surface area contributed by atoms with Gasteiger partial charge in [-0.3, -0.25) is 0 Å². The Morgan fingerprint density at radius 3 is 2.69 bits per heavy atom. The minimum atomic E-state index is 0.678. The van der Waals surface area contributed by atoms with Gasteiger partial charge in [0.25, 0.3) is 0 Å². The van der Waals surface area contributed by atoms with Crippen molar-refractivity contribution in [3.63, 3.8) is 0 Å². The van der Waals surface area contributed by atoms with Crippen LogP contribution in [0.3, 0.4) is 0 Å². The van der Waals surface area contributed by atoms with Crippen LogP contribution >= 0.6 is 31.9 Å². The summed E-state index contributed by atoms with van der Waals surface area (Å²) in [6, 6.07) is 1.91. The zero-order valence-electron chi connectivity index (χ0n) is 7.33. The van der Waals surface area contributed by atoms with Crippen LogP contribution in [0.25, 0.3) is 0 Å². The molecule has 0 aromatic carbocycles. The molecule has 0 saturated carbocycles. The van der Waals surface area contributed by atoms with Crippen molar-refractivity contribution in [1.82, 2.24) is 9.88 Å². The van der Waals surface area contributed by atoms with Gasteiger partial charge in [0, 0.05) is 24.8 Å². The second-order valence-electron chi connectivity index (χ2n) is 2.67. The van der Waals surface area contributed by atoms with E-state index in [0.717, 1.165) is 8.95 Å². The molecule has 0 radical (unpaired) electrons. The second-order valence-corrected chi connectivity index (χ2v) is 4.44. The number of nitrogens with zero attached hydrogens (tertiary/aromatic N) is 3. The molecule has 1 heterocycles. The Morgan fingerprint density at radius 1 is 1.46 bits per heavy atom. The van der Waals surface area contributed by atoms with Gasteiger partial charge in [0.1, 0.15) is 0 Å². The summed E-state index contributed by atoms with van der Waals surface area (Å²) >= 11 is 6.69. The van der Waals surface area contributed by atoms with E-state index in [1.165, 1.54) is 0 Å². The smallest absolute Gasteiger partial charge is 0.167 e. The molecule has 0 amide bonds. The number of pyridine rings is 1. The number of aliphatic imine (C=N–C) groups is 1. The summed E-state index contributed by atoms with van der Waals surface area (Å²) in [5.74, 6) is 0.678. The Bertz CT molecular complexity index is 323. The van der Waals surface area contributed by atoms with Gasteiger partial charge in [0.05, 0.1) is 10.8 Å². The highest BCUT2D eigenvalue weighted by atomic mass is 79.9. The molecule has 0 aliphatic rings. The van der Waals surface area contributed by atoms with E-state index in [9.17, 15) is 0 Å². The summed E-state index contributed by atoms with van der Waals surface area (Å²) in [5, 5.41) is 0. The third-order valence-corrected chi connectivity index (χ3v) is 2.22. The fourth-order valence-electron chi connectivity index (χ4n) is 0.673. The van der Waals surface area contributed by atoms with E-state index in [4.69, 9.17) is 0 Å². The predicted molar refractivity (Wildman–Crippen MR) is 61.5 cm³/mol. The Labute approximate surface area is 94.1 Å². The molecule has 5 heteroatoms. The van der Waals surface area contributed by atoms with E-state index in [1.54, 1.807) is 12.5 Å². The highest BCUT2D eigenvalue weighted by molar-refractivity contribution is 9.11. The fraction of sp³-hybridized carbons (Fsp3) is 0.250. The second kappa shape index (κ2) is 4.72. The van der Waals surface area contributed by atoms with E-state index in [0.29, 0.717) is 5.82 Å². The van der Waals surface area contributed by atoms with Crippen LogP contribution in [0, 0.1) is 0 Å². The third kappa shape index (κ3) is 3.44. The van der Waals surface area contributed by atoms with Crippen molar-refractivity contribution in [2.24, 2.45) is 4.99 Å². The first-order valence-electron chi connectivity index (χ1n) is 3.61. The summed E-state index contributed by atoms with van der Waals surface area (Å²) in [5.41, 5.74) is 0. The van der Waals surface area contributed by atoms with Gasteiger partial charge >= 0.3 is 0 Å². The van der Waals surface area contributed by atoms with Gasteiger partial charge in [0.2, 0.25) is 0 Å². The number of hydrogen-bond acceptors (Lipinski definition) is 2. The van der Waals surface area contributed by atoms with Crippen molar-refractivity contribution >= 4 is 44.0 Å². The summed E-state index contributed by atoms with van der Waals surface area (Å²) < 4.78 is 1.81. The van der Waals surface area contributed by atoms with Gasteiger partial charge in [-0.15, -0.1) is 0 Å². The quantitative estimate of drug-likeness (QED) is 0.621. The maximum absolute atomic E-state index is 4.17. The van der Waals surface area contributed by atoms with Crippen LogP contribution < -0.4 is 0 Å². The molecule has 0 spiro atoms. The number of rotatable bonds is 2. The molecule has 0 atom stereocenters. The van der Waals surface area contributed by atoms with Crippen LogP contribution in [0.5, 0.6) is 0 Å². The van der Waals surface area contributed by atoms with E-state index in [2.05, 4.69) is 41.8 Å². The molecule has 0 unspecified atom stereocenters. The van der Waals surface area contributed by atoms with Gasteiger partial charge in [0.15, 0.2) is 5.82 Å². The molecule has 0 N–H and O–H groups in total. The molecular weight excluding hydrogens is 298 g/mol. The van der Waals surface area contributed by atoms with Crippen LogP contribution in [0.1, 0.15) is 0 Å². The Balaban J connectivity index is 2.90. The topological polar surface area (TPSA) is 28.5 Å². The van der Waals surface area contributed by atoms with Gasteiger partial charge in [-0.05, 0) is 37.9 Å². The minimum absolute atomic E-state index is 0.678. The Hall–Kier alpha value is -0.420. The lowest BCUT2D eigenvalue weighted by molar-refractivity contribution is 0.643. The summed E-state index contributed by atoms with van der Waals surface area (Å²) in [4.78, 5) is 10.2. The summed E-state index contributed by atoms with van der Waals surface area (Å²) in [6.07, 6.45) is 3.42. The highest BCUT2D eigenvalue weighted by Crippen LogP contribution is 2.25. The van der Waals surface area contributed by atoms with Crippen LogP contribution in [0.4, 0.5) is 5.82 Å². The normalized spacial score (nSPS) is 10.8. The van der Waals surface area contributed by atoms with Gasteiger partial charge < -0.3 is 4.90 Å². The molecule has 0 aliphatic carbocycles. The number of aromatic nitrogens is 1. The maximum atomic E-state index is 4.17. The zero-order valence-corrected chi connectivity index (χ0v) is 10.5. The maximum Gasteiger partial charge on any atom is 0.167 e. The van der Waals surface area contributed by atoms with Crippen molar-refractivity contribution < 1.29 is 0 Å². The Morgan fingerprint density at radius 2 is 2.15 bits per heavy atom.